The molecule has 1 aromatic carbocycles. The minimum Gasteiger partial charge on any atom is -0.492 e. The molecule has 0 saturated heterocycles. The number of carbonyl (C=O) groups excluding carboxylic acids is 1. The maximum absolute atomic E-state index is 12.0. The summed E-state index contributed by atoms with van der Waals surface area (Å²) in [7, 11) is 5.75. The quantitative estimate of drug-likeness (QED) is 0.420. The number of hydrogen-bond acceptors (Lipinski definition) is 5. The minimum atomic E-state index is -0.535. The van der Waals surface area contributed by atoms with Crippen LogP contribution < -0.4 is 20.7 Å². The molecule has 0 saturated carbocycles. The van der Waals surface area contributed by atoms with Crippen LogP contribution in [0.4, 0.5) is 4.79 Å². The third-order valence-corrected chi connectivity index (χ3v) is 3.98. The number of ether oxygens (including phenoxy) is 2. The Morgan fingerprint density at radius 3 is 2.37 bits per heavy atom. The van der Waals surface area contributed by atoms with Gasteiger partial charge in [0.05, 0.1) is 5.54 Å². The fraction of sp³-hybridized carbons (Fsp3) is 0.636. The Morgan fingerprint density at radius 2 is 1.77 bits per heavy atom. The first-order valence-corrected chi connectivity index (χ1v) is 10.2. The summed E-state index contributed by atoms with van der Waals surface area (Å²) < 4.78 is 11.2. The van der Waals surface area contributed by atoms with Crippen molar-refractivity contribution >= 4 is 12.1 Å². The summed E-state index contributed by atoms with van der Waals surface area (Å²) in [5, 5.41) is 9.42. The van der Waals surface area contributed by atoms with Crippen LogP contribution in [0.5, 0.6) is 5.75 Å². The molecule has 0 atom stereocenters. The number of nitrogens with zero attached hydrogens (tertiary/aromatic N) is 2. The average molecular weight is 422 g/mol. The van der Waals surface area contributed by atoms with E-state index < -0.39 is 17.2 Å². The number of nitrogens with one attached hydrogen (secondary N) is 3. The van der Waals surface area contributed by atoms with E-state index >= 15 is 0 Å². The molecule has 0 aliphatic heterocycles. The van der Waals surface area contributed by atoms with Crippen LogP contribution >= 0.6 is 0 Å². The van der Waals surface area contributed by atoms with Crippen molar-refractivity contribution in [3.63, 3.8) is 0 Å². The van der Waals surface area contributed by atoms with Gasteiger partial charge in [0.2, 0.25) is 0 Å². The summed E-state index contributed by atoms with van der Waals surface area (Å²) in [6.45, 7) is 11.9. The van der Waals surface area contributed by atoms with Gasteiger partial charge in [-0.25, -0.2) is 4.79 Å². The van der Waals surface area contributed by atoms with Crippen molar-refractivity contribution in [2.45, 2.75) is 52.3 Å². The Kier molecular flexibility index (Phi) is 9.92. The van der Waals surface area contributed by atoms with Crippen LogP contribution in [0.1, 0.15) is 40.2 Å². The molecule has 0 bridgehead atoms. The van der Waals surface area contributed by atoms with Gasteiger partial charge in [0.1, 0.15) is 18.0 Å². The predicted octanol–water partition coefficient (Wildman–Crippen LogP) is 2.60. The fourth-order valence-corrected chi connectivity index (χ4v) is 2.46. The molecular weight excluding hydrogens is 382 g/mol. The van der Waals surface area contributed by atoms with Crippen LogP contribution in [0.25, 0.3) is 0 Å². The number of amides is 1. The summed E-state index contributed by atoms with van der Waals surface area (Å²) in [6.07, 6.45) is -0.443. The molecule has 0 aromatic heterocycles. The van der Waals surface area contributed by atoms with Gasteiger partial charge in [0.25, 0.3) is 0 Å². The molecule has 0 spiro atoms. The third-order valence-electron chi connectivity index (χ3n) is 3.98. The number of carbonyl (C=O) groups is 1. The van der Waals surface area contributed by atoms with Gasteiger partial charge >= 0.3 is 6.09 Å². The molecule has 8 nitrogen and oxygen atoms in total. The zero-order valence-electron chi connectivity index (χ0n) is 19.8. The van der Waals surface area contributed by atoms with Crippen LogP contribution in [0.3, 0.4) is 0 Å². The van der Waals surface area contributed by atoms with Gasteiger partial charge in [-0.2, -0.15) is 0 Å². The SMILES string of the molecule is CN=C(NCc1ccccc1OCCN(C)C)NCC(C)(C)NC(=O)OC(C)(C)C. The lowest BCUT2D eigenvalue weighted by Crippen LogP contribution is -2.54. The van der Waals surface area contributed by atoms with Gasteiger partial charge < -0.3 is 30.3 Å². The molecule has 30 heavy (non-hydrogen) atoms. The van der Waals surface area contributed by atoms with Crippen LogP contribution in [-0.2, 0) is 11.3 Å². The number of rotatable bonds is 9. The van der Waals surface area contributed by atoms with E-state index in [-0.39, 0.29) is 0 Å². The van der Waals surface area contributed by atoms with Gasteiger partial charge in [-0.15, -0.1) is 0 Å². The predicted molar refractivity (Wildman–Crippen MR) is 122 cm³/mol. The molecule has 0 fully saturated rings. The molecule has 170 valence electrons. The maximum Gasteiger partial charge on any atom is 0.408 e. The van der Waals surface area contributed by atoms with Crippen molar-refractivity contribution in [3.8, 4) is 5.75 Å². The van der Waals surface area contributed by atoms with Crippen molar-refractivity contribution in [3.05, 3.63) is 29.8 Å². The van der Waals surface area contributed by atoms with Crippen molar-refractivity contribution in [2.24, 2.45) is 4.99 Å². The number of hydrogen-bond donors (Lipinski definition) is 3. The van der Waals surface area contributed by atoms with E-state index in [0.29, 0.717) is 25.7 Å². The normalized spacial score (nSPS) is 12.5. The molecule has 0 radical (unpaired) electrons. The first-order chi connectivity index (χ1) is 13.9. The second kappa shape index (κ2) is 11.6. The maximum atomic E-state index is 12.0. The summed E-state index contributed by atoms with van der Waals surface area (Å²) in [6, 6.07) is 7.95. The summed E-state index contributed by atoms with van der Waals surface area (Å²) >= 11 is 0. The van der Waals surface area contributed by atoms with E-state index in [1.807, 2.05) is 73.0 Å². The summed E-state index contributed by atoms with van der Waals surface area (Å²) in [5.74, 6) is 1.49. The van der Waals surface area contributed by atoms with Crippen LogP contribution in [-0.4, -0.2) is 68.9 Å². The highest BCUT2D eigenvalue weighted by atomic mass is 16.6. The van der Waals surface area contributed by atoms with Crippen LogP contribution in [0.15, 0.2) is 29.3 Å². The lowest BCUT2D eigenvalue weighted by Gasteiger charge is -2.29. The second-order valence-corrected chi connectivity index (χ2v) is 9.05. The first kappa shape index (κ1) is 25.6. The van der Waals surface area contributed by atoms with Crippen molar-refractivity contribution in [1.82, 2.24) is 20.9 Å². The van der Waals surface area contributed by atoms with Gasteiger partial charge in [-0.3, -0.25) is 4.99 Å². The highest BCUT2D eigenvalue weighted by molar-refractivity contribution is 5.80. The fourth-order valence-electron chi connectivity index (χ4n) is 2.46. The van der Waals surface area contributed by atoms with E-state index in [0.717, 1.165) is 17.9 Å². The zero-order valence-corrected chi connectivity index (χ0v) is 19.8. The van der Waals surface area contributed by atoms with Crippen molar-refractivity contribution in [1.29, 1.82) is 0 Å². The molecule has 1 amide bonds. The van der Waals surface area contributed by atoms with Gasteiger partial charge in [-0.1, -0.05) is 18.2 Å². The molecule has 0 aliphatic rings. The van der Waals surface area contributed by atoms with E-state index in [4.69, 9.17) is 9.47 Å². The standard InChI is InChI=1S/C22H39N5O3/c1-21(2,3)30-20(28)26-22(4,5)16-25-19(23-6)24-15-17-11-9-10-12-18(17)29-14-13-27(7)8/h9-12H,13-16H2,1-8H3,(H,26,28)(H2,23,24,25). The Bertz CT molecular complexity index is 696. The van der Waals surface area contributed by atoms with Gasteiger partial charge in [0.15, 0.2) is 5.96 Å². The number of alkyl carbamates (subject to hydrolysis) is 1. The molecule has 0 heterocycles. The Labute approximate surface area is 181 Å². The highest BCUT2D eigenvalue weighted by Crippen LogP contribution is 2.17. The van der Waals surface area contributed by atoms with Crippen molar-refractivity contribution < 1.29 is 14.3 Å². The van der Waals surface area contributed by atoms with Gasteiger partial charge in [0, 0.05) is 32.2 Å². The number of guanidine groups is 1. The smallest absolute Gasteiger partial charge is 0.408 e. The molecular formula is C22H39N5O3. The summed E-state index contributed by atoms with van der Waals surface area (Å²) in [4.78, 5) is 18.4. The molecule has 0 unspecified atom stereocenters. The molecule has 1 aromatic rings. The van der Waals surface area contributed by atoms with Crippen LogP contribution in [0.2, 0.25) is 0 Å². The van der Waals surface area contributed by atoms with Crippen LogP contribution in [0, 0.1) is 0 Å². The second-order valence-electron chi connectivity index (χ2n) is 9.05. The number of likely N-dealkylation sites (N-methyl/N-ethyl adjacent to an activating group) is 1. The Balaban J connectivity index is 2.56. The van der Waals surface area contributed by atoms with E-state index in [1.54, 1.807) is 7.05 Å². The zero-order chi connectivity index (χ0) is 22.8. The minimum absolute atomic E-state index is 0.443. The first-order valence-electron chi connectivity index (χ1n) is 10.2. The van der Waals surface area contributed by atoms with E-state index in [9.17, 15) is 4.79 Å². The third kappa shape index (κ3) is 10.9. The van der Waals surface area contributed by atoms with E-state index in [1.165, 1.54) is 0 Å². The largest absolute Gasteiger partial charge is 0.492 e. The number of benzene rings is 1. The number of para-hydroxylation sites is 1. The topological polar surface area (TPSA) is 87.2 Å². The van der Waals surface area contributed by atoms with Gasteiger partial charge in [-0.05, 0) is 54.8 Å². The van der Waals surface area contributed by atoms with E-state index in [2.05, 4.69) is 25.8 Å². The molecule has 8 heteroatoms. The molecule has 0 aliphatic carbocycles. The van der Waals surface area contributed by atoms with Crippen molar-refractivity contribution in [2.75, 3.05) is 40.8 Å². The lowest BCUT2D eigenvalue weighted by molar-refractivity contribution is 0.0474. The summed E-state index contributed by atoms with van der Waals surface area (Å²) in [5.41, 5.74) is -0.00860. The molecule has 1 rings (SSSR count). The molecule has 3 N–H and O–H groups in total. The lowest BCUT2D eigenvalue weighted by atomic mass is 10.1. The average Bonchev–Trinajstić information content (AvgIpc) is 2.60. The Hall–Kier alpha value is -2.48. The highest BCUT2D eigenvalue weighted by Gasteiger charge is 2.24. The monoisotopic (exact) mass is 421 g/mol. The Morgan fingerprint density at radius 1 is 1.10 bits per heavy atom. The number of aliphatic imine (C=N–C) groups is 1.